The van der Waals surface area contributed by atoms with Crippen LogP contribution in [0.4, 0.5) is 10.5 Å². The van der Waals surface area contributed by atoms with Gasteiger partial charge in [-0.25, -0.2) is 9.59 Å². The molecule has 2 amide bonds. The number of fused-ring (bicyclic) bond motifs is 3. The molecule has 1 atom stereocenters. The third kappa shape index (κ3) is 5.22. The molecule has 8 heteroatoms. The molecule has 0 unspecified atom stereocenters. The average molecular weight is 537 g/mol. The molecule has 0 saturated heterocycles. The van der Waals surface area contributed by atoms with Gasteiger partial charge in [-0.3, -0.25) is 4.79 Å². The van der Waals surface area contributed by atoms with Crippen LogP contribution in [0.1, 0.15) is 41.3 Å². The predicted molar refractivity (Wildman–Crippen MR) is 137 cm³/mol. The lowest BCUT2D eigenvalue weighted by Crippen LogP contribution is -2.47. The summed E-state index contributed by atoms with van der Waals surface area (Å²) in [5, 5.41) is 14.6. The number of carboxylic acid groups (broad SMARTS) is 1. The van der Waals surface area contributed by atoms with E-state index in [-0.39, 0.29) is 24.0 Å². The molecule has 0 radical (unpaired) electrons. The number of aromatic carboxylic acids is 1. The molecule has 180 valence electrons. The van der Waals surface area contributed by atoms with Gasteiger partial charge in [0.15, 0.2) is 0 Å². The van der Waals surface area contributed by atoms with Crippen molar-refractivity contribution in [2.75, 3.05) is 11.9 Å². The Morgan fingerprint density at radius 2 is 1.57 bits per heavy atom. The highest BCUT2D eigenvalue weighted by Crippen LogP contribution is 2.44. The highest BCUT2D eigenvalue weighted by atomic mass is 79.9. The molecule has 0 spiro atoms. The zero-order valence-electron chi connectivity index (χ0n) is 19.2. The molecule has 3 aromatic carbocycles. The van der Waals surface area contributed by atoms with Gasteiger partial charge in [-0.05, 0) is 62.3 Å². The summed E-state index contributed by atoms with van der Waals surface area (Å²) in [4.78, 5) is 37.0. The number of carbonyl (C=O) groups is 3. The summed E-state index contributed by atoms with van der Waals surface area (Å²) in [6.07, 6.45) is -0.692. The summed E-state index contributed by atoms with van der Waals surface area (Å²) in [6.45, 7) is 3.75. The van der Waals surface area contributed by atoms with Gasteiger partial charge in [-0.1, -0.05) is 62.4 Å². The van der Waals surface area contributed by atoms with Crippen molar-refractivity contribution in [3.05, 3.63) is 87.9 Å². The lowest BCUT2D eigenvalue weighted by atomic mass is 9.98. The third-order valence-electron chi connectivity index (χ3n) is 6.03. The lowest BCUT2D eigenvalue weighted by molar-refractivity contribution is -0.119. The number of benzene rings is 3. The zero-order chi connectivity index (χ0) is 25.1. The average Bonchev–Trinajstić information content (AvgIpc) is 3.15. The van der Waals surface area contributed by atoms with Crippen LogP contribution in [0.15, 0.2) is 71.2 Å². The van der Waals surface area contributed by atoms with Crippen LogP contribution in [0.2, 0.25) is 0 Å². The maximum absolute atomic E-state index is 12.9. The van der Waals surface area contributed by atoms with Gasteiger partial charge in [0.25, 0.3) is 0 Å². The fourth-order valence-electron chi connectivity index (χ4n) is 4.29. The van der Waals surface area contributed by atoms with Gasteiger partial charge in [0.1, 0.15) is 12.6 Å². The largest absolute Gasteiger partial charge is 0.478 e. The predicted octanol–water partition coefficient (Wildman–Crippen LogP) is 5.65. The summed E-state index contributed by atoms with van der Waals surface area (Å²) in [6, 6.07) is 19.7. The van der Waals surface area contributed by atoms with Crippen molar-refractivity contribution in [1.82, 2.24) is 5.32 Å². The van der Waals surface area contributed by atoms with E-state index < -0.39 is 24.0 Å². The summed E-state index contributed by atoms with van der Waals surface area (Å²) in [5.74, 6) is -1.90. The van der Waals surface area contributed by atoms with E-state index in [1.165, 1.54) is 6.07 Å². The Morgan fingerprint density at radius 1 is 0.971 bits per heavy atom. The van der Waals surface area contributed by atoms with Gasteiger partial charge in [0.05, 0.1) is 5.56 Å². The van der Waals surface area contributed by atoms with Gasteiger partial charge in [-0.2, -0.15) is 0 Å². The monoisotopic (exact) mass is 536 g/mol. The smallest absolute Gasteiger partial charge is 0.407 e. The highest BCUT2D eigenvalue weighted by molar-refractivity contribution is 9.10. The van der Waals surface area contributed by atoms with Gasteiger partial charge in [0.2, 0.25) is 5.91 Å². The number of alkyl carbamates (subject to hydrolysis) is 1. The van der Waals surface area contributed by atoms with Crippen LogP contribution in [-0.2, 0) is 9.53 Å². The molecule has 0 heterocycles. The molecular formula is C27H25BrN2O5. The summed E-state index contributed by atoms with van der Waals surface area (Å²) < 4.78 is 5.98. The quantitative estimate of drug-likeness (QED) is 0.362. The van der Waals surface area contributed by atoms with Crippen LogP contribution in [0.25, 0.3) is 11.1 Å². The van der Waals surface area contributed by atoms with E-state index in [0.717, 1.165) is 22.3 Å². The second kappa shape index (κ2) is 10.3. The Labute approximate surface area is 211 Å². The van der Waals surface area contributed by atoms with E-state index in [4.69, 9.17) is 4.74 Å². The molecule has 0 saturated carbocycles. The molecular weight excluding hydrogens is 512 g/mol. The van der Waals surface area contributed by atoms with Gasteiger partial charge >= 0.3 is 12.1 Å². The standard InChI is InChI=1S/C27H25BrN2O5/c1-15(2)24(25(31)29-16-11-12-23(28)21(13-16)26(32)33)30-27(34)35-14-22-19-9-5-3-7-17(19)18-8-4-6-10-20(18)22/h3-13,15,22,24H,14H2,1-2H3,(H,29,31)(H,30,34)(H,32,33)/t24-/m1/s1. The normalized spacial score (nSPS) is 13.0. The third-order valence-corrected chi connectivity index (χ3v) is 6.72. The Balaban J connectivity index is 1.42. The summed E-state index contributed by atoms with van der Waals surface area (Å²) in [7, 11) is 0. The summed E-state index contributed by atoms with van der Waals surface area (Å²) >= 11 is 3.18. The van der Waals surface area contributed by atoms with Crippen molar-refractivity contribution in [2.24, 2.45) is 5.92 Å². The minimum absolute atomic E-state index is 0.0217. The fourth-order valence-corrected chi connectivity index (χ4v) is 4.71. The van der Waals surface area contributed by atoms with E-state index in [9.17, 15) is 19.5 Å². The van der Waals surface area contributed by atoms with Crippen LogP contribution in [0.3, 0.4) is 0 Å². The van der Waals surface area contributed by atoms with Crippen molar-refractivity contribution >= 4 is 39.6 Å². The number of ether oxygens (including phenoxy) is 1. The molecule has 35 heavy (non-hydrogen) atoms. The molecule has 1 aliphatic rings. The highest BCUT2D eigenvalue weighted by Gasteiger charge is 2.30. The topological polar surface area (TPSA) is 105 Å². The Bertz CT molecular complexity index is 1240. The molecule has 0 aromatic heterocycles. The maximum atomic E-state index is 12.9. The number of nitrogens with one attached hydrogen (secondary N) is 2. The van der Waals surface area contributed by atoms with Gasteiger partial charge < -0.3 is 20.5 Å². The fraction of sp³-hybridized carbons (Fsp3) is 0.222. The maximum Gasteiger partial charge on any atom is 0.407 e. The van der Waals surface area contributed by atoms with Crippen LogP contribution >= 0.6 is 15.9 Å². The lowest BCUT2D eigenvalue weighted by Gasteiger charge is -2.22. The zero-order valence-corrected chi connectivity index (χ0v) is 20.8. The first kappa shape index (κ1) is 24.5. The van der Waals surface area contributed by atoms with Crippen LogP contribution < -0.4 is 10.6 Å². The van der Waals surface area contributed by atoms with E-state index in [0.29, 0.717) is 10.2 Å². The van der Waals surface area contributed by atoms with Crippen LogP contribution in [0.5, 0.6) is 0 Å². The Kier molecular flexibility index (Phi) is 7.21. The molecule has 0 aliphatic heterocycles. The Hall–Kier alpha value is -3.65. The molecule has 3 aromatic rings. The van der Waals surface area contributed by atoms with E-state index in [2.05, 4.69) is 38.7 Å². The number of hydrogen-bond donors (Lipinski definition) is 3. The molecule has 4 rings (SSSR count). The molecule has 0 fully saturated rings. The number of amides is 2. The molecule has 3 N–H and O–H groups in total. The van der Waals surface area contributed by atoms with Crippen molar-refractivity contribution < 1.29 is 24.2 Å². The van der Waals surface area contributed by atoms with Crippen molar-refractivity contribution in [3.63, 3.8) is 0 Å². The Morgan fingerprint density at radius 3 is 2.14 bits per heavy atom. The van der Waals surface area contributed by atoms with Crippen molar-refractivity contribution in [3.8, 4) is 11.1 Å². The first-order valence-electron chi connectivity index (χ1n) is 11.2. The summed E-state index contributed by atoms with van der Waals surface area (Å²) in [5.41, 5.74) is 4.80. The number of hydrogen-bond acceptors (Lipinski definition) is 4. The van der Waals surface area contributed by atoms with Gasteiger partial charge in [-0.15, -0.1) is 0 Å². The minimum atomic E-state index is -1.12. The number of carboxylic acids is 1. The van der Waals surface area contributed by atoms with E-state index in [1.54, 1.807) is 26.0 Å². The van der Waals surface area contributed by atoms with E-state index in [1.807, 2.05) is 36.4 Å². The molecule has 0 bridgehead atoms. The second-order valence-corrected chi connectivity index (χ2v) is 9.53. The van der Waals surface area contributed by atoms with Crippen LogP contribution in [0, 0.1) is 5.92 Å². The number of rotatable bonds is 7. The number of carbonyl (C=O) groups excluding carboxylic acids is 2. The van der Waals surface area contributed by atoms with Crippen molar-refractivity contribution in [2.45, 2.75) is 25.8 Å². The SMILES string of the molecule is CC(C)[C@@H](NC(=O)OCC1c2ccccc2-c2ccccc21)C(=O)Nc1ccc(Br)c(C(=O)O)c1. The van der Waals surface area contributed by atoms with E-state index >= 15 is 0 Å². The first-order valence-corrected chi connectivity index (χ1v) is 12.0. The first-order chi connectivity index (χ1) is 16.8. The van der Waals surface area contributed by atoms with Crippen molar-refractivity contribution in [1.29, 1.82) is 0 Å². The van der Waals surface area contributed by atoms with Crippen LogP contribution in [-0.4, -0.2) is 35.7 Å². The molecule has 1 aliphatic carbocycles. The number of anilines is 1. The second-order valence-electron chi connectivity index (χ2n) is 8.68. The number of halogens is 1. The minimum Gasteiger partial charge on any atom is -0.478 e. The van der Waals surface area contributed by atoms with Gasteiger partial charge in [0, 0.05) is 16.1 Å². The molecule has 7 nitrogen and oxygen atoms in total.